The van der Waals surface area contributed by atoms with Crippen molar-refractivity contribution in [2.45, 2.75) is 0 Å². The van der Waals surface area contributed by atoms with Crippen LogP contribution in [0.5, 0.6) is 0 Å². The number of nitrogens with one attached hydrogen (secondary N) is 1. The Labute approximate surface area is 122 Å². The van der Waals surface area contributed by atoms with Gasteiger partial charge in [-0.15, -0.1) is 0 Å². The Hall–Kier alpha value is -3.49. The van der Waals surface area contributed by atoms with Gasteiger partial charge in [-0.05, 0) is 6.07 Å². The molecule has 0 amide bonds. The molecule has 0 aliphatic rings. The summed E-state index contributed by atoms with van der Waals surface area (Å²) in [5.41, 5.74) is 0.166. The zero-order chi connectivity index (χ0) is 15.5. The number of benzene rings is 1. The minimum absolute atomic E-state index is 0.152. The maximum Gasteiger partial charge on any atom is 0.433 e. The van der Waals surface area contributed by atoms with Crippen molar-refractivity contribution >= 4 is 12.1 Å². The SMILES string of the molecule is O=c1[nH]nc(-c2ccccc2)n1N=Cc1ccc([N+](=O)[O-])o1. The smallest absolute Gasteiger partial charge is 0.400 e. The van der Waals surface area contributed by atoms with E-state index in [1.807, 2.05) is 6.07 Å². The Morgan fingerprint density at radius 1 is 1.27 bits per heavy atom. The maximum atomic E-state index is 11.7. The van der Waals surface area contributed by atoms with Crippen LogP contribution in [-0.2, 0) is 0 Å². The Morgan fingerprint density at radius 3 is 2.73 bits per heavy atom. The third-order valence-corrected chi connectivity index (χ3v) is 2.78. The van der Waals surface area contributed by atoms with Crippen molar-refractivity contribution in [3.8, 4) is 11.4 Å². The zero-order valence-corrected chi connectivity index (χ0v) is 11.0. The molecule has 0 spiro atoms. The Balaban J connectivity index is 1.95. The molecular formula is C13H9N5O4. The molecule has 0 saturated heterocycles. The highest BCUT2D eigenvalue weighted by Gasteiger charge is 2.12. The van der Waals surface area contributed by atoms with Crippen LogP contribution >= 0.6 is 0 Å². The predicted molar refractivity (Wildman–Crippen MR) is 76.6 cm³/mol. The first-order valence-electron chi connectivity index (χ1n) is 6.16. The van der Waals surface area contributed by atoms with E-state index in [9.17, 15) is 14.9 Å². The number of hydrogen-bond acceptors (Lipinski definition) is 6. The van der Waals surface area contributed by atoms with Crippen LogP contribution in [0.2, 0.25) is 0 Å². The molecule has 3 aromatic rings. The van der Waals surface area contributed by atoms with Gasteiger partial charge in [0.1, 0.15) is 4.92 Å². The number of nitrogens with zero attached hydrogens (tertiary/aromatic N) is 4. The molecule has 0 aliphatic heterocycles. The van der Waals surface area contributed by atoms with Crippen molar-refractivity contribution in [1.29, 1.82) is 0 Å². The first-order valence-corrected chi connectivity index (χ1v) is 6.16. The molecule has 110 valence electrons. The molecule has 1 aromatic carbocycles. The van der Waals surface area contributed by atoms with E-state index in [-0.39, 0.29) is 5.76 Å². The summed E-state index contributed by atoms with van der Waals surface area (Å²) in [5, 5.41) is 20.7. The summed E-state index contributed by atoms with van der Waals surface area (Å²) in [7, 11) is 0. The summed E-state index contributed by atoms with van der Waals surface area (Å²) in [6, 6.07) is 11.6. The van der Waals surface area contributed by atoms with Crippen molar-refractivity contribution in [3.05, 3.63) is 68.8 Å². The standard InChI is InChI=1S/C13H9N5O4/c19-13-16-15-12(9-4-2-1-3-5-9)17(13)14-8-10-6-7-11(22-10)18(20)21/h1-8H,(H,16,19). The molecule has 2 aromatic heterocycles. The van der Waals surface area contributed by atoms with E-state index in [0.29, 0.717) is 11.4 Å². The molecule has 22 heavy (non-hydrogen) atoms. The first kappa shape index (κ1) is 13.5. The fourth-order valence-corrected chi connectivity index (χ4v) is 1.80. The van der Waals surface area contributed by atoms with E-state index in [2.05, 4.69) is 15.3 Å². The molecule has 1 N–H and O–H groups in total. The molecule has 0 fully saturated rings. The third kappa shape index (κ3) is 2.54. The molecule has 3 rings (SSSR count). The van der Waals surface area contributed by atoms with Gasteiger partial charge in [-0.2, -0.15) is 14.9 Å². The highest BCUT2D eigenvalue weighted by molar-refractivity contribution is 5.76. The van der Waals surface area contributed by atoms with E-state index >= 15 is 0 Å². The summed E-state index contributed by atoms with van der Waals surface area (Å²) in [6.07, 6.45) is 1.20. The third-order valence-electron chi connectivity index (χ3n) is 2.78. The van der Waals surface area contributed by atoms with Gasteiger partial charge in [0.15, 0.2) is 11.6 Å². The van der Waals surface area contributed by atoms with E-state index in [4.69, 9.17) is 4.42 Å². The predicted octanol–water partition coefficient (Wildman–Crippen LogP) is 1.62. The molecule has 0 radical (unpaired) electrons. The summed E-state index contributed by atoms with van der Waals surface area (Å²) < 4.78 is 5.98. The van der Waals surface area contributed by atoms with Crippen LogP contribution in [0.1, 0.15) is 5.76 Å². The van der Waals surface area contributed by atoms with Gasteiger partial charge in [0, 0.05) is 5.56 Å². The van der Waals surface area contributed by atoms with E-state index in [1.54, 1.807) is 24.3 Å². The van der Waals surface area contributed by atoms with Crippen LogP contribution in [0.4, 0.5) is 5.88 Å². The molecule has 0 aliphatic carbocycles. The zero-order valence-electron chi connectivity index (χ0n) is 11.0. The Bertz CT molecular complexity index is 891. The molecule has 0 saturated carbocycles. The van der Waals surface area contributed by atoms with Crippen LogP contribution in [0.3, 0.4) is 0 Å². The van der Waals surface area contributed by atoms with Crippen LogP contribution < -0.4 is 5.69 Å². The lowest BCUT2D eigenvalue weighted by Crippen LogP contribution is -2.13. The van der Waals surface area contributed by atoms with Gasteiger partial charge in [-0.25, -0.2) is 9.89 Å². The number of aromatic amines is 1. The van der Waals surface area contributed by atoms with E-state index < -0.39 is 16.5 Å². The maximum absolute atomic E-state index is 11.7. The number of furan rings is 1. The topological polar surface area (TPSA) is 119 Å². The molecule has 0 bridgehead atoms. The van der Waals surface area contributed by atoms with E-state index in [0.717, 1.165) is 4.68 Å². The van der Waals surface area contributed by atoms with Crippen molar-refractivity contribution < 1.29 is 9.34 Å². The summed E-state index contributed by atoms with van der Waals surface area (Å²) >= 11 is 0. The van der Waals surface area contributed by atoms with Gasteiger partial charge in [-0.1, -0.05) is 30.3 Å². The lowest BCUT2D eigenvalue weighted by atomic mass is 10.2. The highest BCUT2D eigenvalue weighted by Crippen LogP contribution is 2.15. The number of nitro groups is 1. The molecular weight excluding hydrogens is 290 g/mol. The van der Waals surface area contributed by atoms with Crippen molar-refractivity contribution in [3.63, 3.8) is 0 Å². The number of aromatic nitrogens is 3. The van der Waals surface area contributed by atoms with Crippen molar-refractivity contribution in [1.82, 2.24) is 14.9 Å². The number of H-pyrrole nitrogens is 1. The largest absolute Gasteiger partial charge is 0.433 e. The summed E-state index contributed by atoms with van der Waals surface area (Å²) in [6.45, 7) is 0. The van der Waals surface area contributed by atoms with Crippen LogP contribution in [0.25, 0.3) is 11.4 Å². The molecule has 2 heterocycles. The average Bonchev–Trinajstić information content (AvgIpc) is 3.13. The first-order chi connectivity index (χ1) is 10.6. The van der Waals surface area contributed by atoms with Gasteiger partial charge in [-0.3, -0.25) is 10.1 Å². The average molecular weight is 299 g/mol. The second-order valence-electron chi connectivity index (χ2n) is 4.21. The normalized spacial score (nSPS) is 11.1. The number of rotatable bonds is 4. The lowest BCUT2D eigenvalue weighted by Gasteiger charge is -1.98. The minimum Gasteiger partial charge on any atom is -0.400 e. The lowest BCUT2D eigenvalue weighted by molar-refractivity contribution is -0.402. The van der Waals surface area contributed by atoms with Gasteiger partial charge in [0.05, 0.1) is 12.3 Å². The molecule has 9 heteroatoms. The van der Waals surface area contributed by atoms with Crippen molar-refractivity contribution in [2.24, 2.45) is 5.10 Å². The van der Waals surface area contributed by atoms with Gasteiger partial charge in [0.2, 0.25) is 0 Å². The van der Waals surface area contributed by atoms with Gasteiger partial charge in [0.25, 0.3) is 0 Å². The monoisotopic (exact) mass is 299 g/mol. The van der Waals surface area contributed by atoms with Gasteiger partial charge >= 0.3 is 11.6 Å². The van der Waals surface area contributed by atoms with E-state index in [1.165, 1.54) is 18.3 Å². The Morgan fingerprint density at radius 2 is 2.05 bits per heavy atom. The molecule has 0 atom stereocenters. The van der Waals surface area contributed by atoms with Gasteiger partial charge < -0.3 is 4.42 Å². The van der Waals surface area contributed by atoms with Crippen LogP contribution in [0, 0.1) is 10.1 Å². The molecule has 0 unspecified atom stereocenters. The van der Waals surface area contributed by atoms with Crippen molar-refractivity contribution in [2.75, 3.05) is 0 Å². The van der Waals surface area contributed by atoms with Crippen LogP contribution in [0.15, 0.2) is 56.8 Å². The second kappa shape index (κ2) is 5.48. The number of hydrogen-bond donors (Lipinski definition) is 1. The molecule has 9 nitrogen and oxygen atoms in total. The minimum atomic E-state index is -0.656. The fourth-order valence-electron chi connectivity index (χ4n) is 1.80. The summed E-state index contributed by atoms with van der Waals surface area (Å²) in [5.74, 6) is 0.0750. The Kier molecular flexibility index (Phi) is 3.36. The highest BCUT2D eigenvalue weighted by atomic mass is 16.6. The quantitative estimate of drug-likeness (QED) is 0.446. The fraction of sp³-hybridized carbons (Fsp3) is 0. The summed E-state index contributed by atoms with van der Waals surface area (Å²) in [4.78, 5) is 21.6. The second-order valence-corrected chi connectivity index (χ2v) is 4.21. The van der Waals surface area contributed by atoms with Crippen LogP contribution in [-0.4, -0.2) is 26.0 Å².